The fourth-order valence-electron chi connectivity index (χ4n) is 2.95. The van der Waals surface area contributed by atoms with E-state index in [-0.39, 0.29) is 0 Å². The van der Waals surface area contributed by atoms with Crippen LogP contribution >= 0.6 is 23.1 Å². The van der Waals surface area contributed by atoms with E-state index in [4.69, 9.17) is 0 Å². The van der Waals surface area contributed by atoms with Crippen LogP contribution in [0.25, 0.3) is 17.0 Å². The maximum absolute atomic E-state index is 4.67. The summed E-state index contributed by atoms with van der Waals surface area (Å²) in [7, 11) is 0. The van der Waals surface area contributed by atoms with Gasteiger partial charge in [0.15, 0.2) is 11.0 Å². The van der Waals surface area contributed by atoms with E-state index in [0.29, 0.717) is 6.04 Å². The highest BCUT2D eigenvalue weighted by Crippen LogP contribution is 2.34. The second kappa shape index (κ2) is 6.89. The molecular weight excluding hydrogens is 362 g/mol. The molecular formula is C19H21N5S2. The zero-order valence-electron chi connectivity index (χ0n) is 15.3. The Morgan fingerprint density at radius 2 is 2.04 bits per heavy atom. The van der Waals surface area contributed by atoms with Crippen LogP contribution in [0.2, 0.25) is 0 Å². The Kier molecular flexibility index (Phi) is 4.58. The Morgan fingerprint density at radius 3 is 2.73 bits per heavy atom. The van der Waals surface area contributed by atoms with Crippen molar-refractivity contribution in [1.29, 1.82) is 0 Å². The smallest absolute Gasteiger partial charge is 0.192 e. The van der Waals surface area contributed by atoms with Crippen LogP contribution < -0.4 is 0 Å². The fourth-order valence-corrected chi connectivity index (χ4v) is 4.77. The van der Waals surface area contributed by atoms with Crippen LogP contribution in [0.15, 0.2) is 41.1 Å². The molecule has 7 heteroatoms. The summed E-state index contributed by atoms with van der Waals surface area (Å²) in [5.74, 6) is 1.73. The summed E-state index contributed by atoms with van der Waals surface area (Å²) >= 11 is 3.46. The van der Waals surface area contributed by atoms with Gasteiger partial charge in [0.2, 0.25) is 0 Å². The van der Waals surface area contributed by atoms with Gasteiger partial charge in [0.25, 0.3) is 0 Å². The molecule has 26 heavy (non-hydrogen) atoms. The number of fused-ring (bicyclic) bond motifs is 1. The summed E-state index contributed by atoms with van der Waals surface area (Å²) in [6.45, 7) is 8.66. The summed E-state index contributed by atoms with van der Waals surface area (Å²) in [5.41, 5.74) is 4.50. The topological polar surface area (TPSA) is 48.0 Å². The largest absolute Gasteiger partial charge is 0.307 e. The standard InChI is InChI=1S/C19H21N5S2/c1-12(2)24-18(16-11-25-14(4)13(16)3)21-22-19(24)26-10-15-9-23-8-6-5-7-17(23)20-15/h5-9,11-12H,10H2,1-4H3. The summed E-state index contributed by atoms with van der Waals surface area (Å²) in [4.78, 5) is 6.00. The molecule has 4 aromatic rings. The third kappa shape index (κ3) is 3.05. The zero-order chi connectivity index (χ0) is 18.3. The number of aromatic nitrogens is 5. The average molecular weight is 384 g/mol. The number of aryl methyl sites for hydroxylation is 1. The minimum absolute atomic E-state index is 0.295. The predicted molar refractivity (Wildman–Crippen MR) is 108 cm³/mol. The van der Waals surface area contributed by atoms with Crippen molar-refractivity contribution in [1.82, 2.24) is 24.1 Å². The number of imidazole rings is 1. The van der Waals surface area contributed by atoms with Crippen molar-refractivity contribution in [2.45, 2.75) is 44.6 Å². The van der Waals surface area contributed by atoms with Gasteiger partial charge in [-0.15, -0.1) is 21.5 Å². The Hall–Kier alpha value is -2.12. The first-order valence-electron chi connectivity index (χ1n) is 8.60. The minimum atomic E-state index is 0.295. The second-order valence-electron chi connectivity index (χ2n) is 6.59. The molecule has 0 unspecified atom stereocenters. The molecule has 0 aliphatic rings. The van der Waals surface area contributed by atoms with Gasteiger partial charge in [-0.1, -0.05) is 17.8 Å². The lowest BCUT2D eigenvalue weighted by Gasteiger charge is -2.13. The Balaban J connectivity index is 1.63. The molecule has 0 atom stereocenters. The van der Waals surface area contributed by atoms with E-state index in [0.717, 1.165) is 28.1 Å². The van der Waals surface area contributed by atoms with Gasteiger partial charge in [0.1, 0.15) is 5.65 Å². The van der Waals surface area contributed by atoms with E-state index in [9.17, 15) is 0 Å². The maximum atomic E-state index is 4.67. The summed E-state index contributed by atoms with van der Waals surface area (Å²) in [6.07, 6.45) is 4.10. The van der Waals surface area contributed by atoms with Gasteiger partial charge in [-0.25, -0.2) is 4.98 Å². The third-order valence-electron chi connectivity index (χ3n) is 4.47. The van der Waals surface area contributed by atoms with Gasteiger partial charge in [0.05, 0.1) is 5.69 Å². The highest BCUT2D eigenvalue weighted by Gasteiger charge is 2.20. The second-order valence-corrected chi connectivity index (χ2v) is 8.61. The van der Waals surface area contributed by atoms with Crippen LogP contribution in [-0.2, 0) is 5.75 Å². The van der Waals surface area contributed by atoms with Crippen molar-refractivity contribution in [3.05, 3.63) is 52.1 Å². The van der Waals surface area contributed by atoms with E-state index < -0.39 is 0 Å². The predicted octanol–water partition coefficient (Wildman–Crippen LogP) is 5.14. The lowest BCUT2D eigenvalue weighted by atomic mass is 10.1. The molecule has 0 saturated carbocycles. The molecule has 5 nitrogen and oxygen atoms in total. The molecule has 0 amide bonds. The number of nitrogens with zero attached hydrogens (tertiary/aromatic N) is 5. The highest BCUT2D eigenvalue weighted by atomic mass is 32.2. The summed E-state index contributed by atoms with van der Waals surface area (Å²) < 4.78 is 4.28. The molecule has 0 bridgehead atoms. The van der Waals surface area contributed by atoms with Crippen molar-refractivity contribution >= 4 is 28.7 Å². The van der Waals surface area contributed by atoms with Gasteiger partial charge in [-0.05, 0) is 45.4 Å². The molecule has 0 aliphatic heterocycles. The number of hydrogen-bond donors (Lipinski definition) is 0. The lowest BCUT2D eigenvalue weighted by molar-refractivity contribution is 0.555. The Morgan fingerprint density at radius 1 is 1.19 bits per heavy atom. The van der Waals surface area contributed by atoms with Gasteiger partial charge >= 0.3 is 0 Å². The normalized spacial score (nSPS) is 11.7. The molecule has 0 saturated heterocycles. The number of thioether (sulfide) groups is 1. The molecule has 0 spiro atoms. The fraction of sp³-hybridized carbons (Fsp3) is 0.316. The molecule has 0 aromatic carbocycles. The van der Waals surface area contributed by atoms with Crippen LogP contribution in [0.1, 0.15) is 36.0 Å². The Labute approximate surface area is 161 Å². The van der Waals surface area contributed by atoms with Crippen LogP contribution in [0.5, 0.6) is 0 Å². The number of rotatable bonds is 5. The van der Waals surface area contributed by atoms with Gasteiger partial charge in [0, 0.05) is 40.0 Å². The molecule has 0 N–H and O–H groups in total. The van der Waals surface area contributed by atoms with Crippen LogP contribution in [0, 0.1) is 13.8 Å². The van der Waals surface area contributed by atoms with E-state index >= 15 is 0 Å². The van der Waals surface area contributed by atoms with Crippen LogP contribution in [-0.4, -0.2) is 24.1 Å². The first-order valence-corrected chi connectivity index (χ1v) is 10.5. The van der Waals surface area contributed by atoms with Crippen molar-refractivity contribution in [3.8, 4) is 11.4 Å². The quantitative estimate of drug-likeness (QED) is 0.448. The van der Waals surface area contributed by atoms with Gasteiger partial charge in [-0.2, -0.15) is 0 Å². The molecule has 0 fully saturated rings. The lowest BCUT2D eigenvalue weighted by Crippen LogP contribution is -2.05. The van der Waals surface area contributed by atoms with Crippen LogP contribution in [0.4, 0.5) is 0 Å². The van der Waals surface area contributed by atoms with Crippen molar-refractivity contribution < 1.29 is 0 Å². The first-order chi connectivity index (χ1) is 12.5. The third-order valence-corrected chi connectivity index (χ3v) is 6.46. The average Bonchev–Trinajstić information content (AvgIpc) is 3.30. The van der Waals surface area contributed by atoms with Crippen LogP contribution in [0.3, 0.4) is 0 Å². The highest BCUT2D eigenvalue weighted by molar-refractivity contribution is 7.98. The van der Waals surface area contributed by atoms with Gasteiger partial charge < -0.3 is 4.40 Å². The monoisotopic (exact) mass is 383 g/mol. The van der Waals surface area contributed by atoms with E-state index in [2.05, 4.69) is 59.0 Å². The molecule has 0 radical (unpaired) electrons. The van der Waals surface area contributed by atoms with E-state index in [1.807, 2.05) is 28.8 Å². The maximum Gasteiger partial charge on any atom is 0.192 e. The van der Waals surface area contributed by atoms with E-state index in [1.54, 1.807) is 23.1 Å². The van der Waals surface area contributed by atoms with Crippen molar-refractivity contribution in [2.75, 3.05) is 0 Å². The molecule has 4 aromatic heterocycles. The molecule has 0 aliphatic carbocycles. The summed E-state index contributed by atoms with van der Waals surface area (Å²) in [5, 5.41) is 12.1. The van der Waals surface area contributed by atoms with Crippen molar-refractivity contribution in [3.63, 3.8) is 0 Å². The van der Waals surface area contributed by atoms with E-state index in [1.165, 1.54) is 16.0 Å². The Bertz CT molecular complexity index is 1020. The number of pyridine rings is 1. The first kappa shape index (κ1) is 17.3. The number of thiophene rings is 1. The van der Waals surface area contributed by atoms with Crippen molar-refractivity contribution in [2.24, 2.45) is 0 Å². The SMILES string of the molecule is Cc1scc(-c2nnc(SCc3cn4ccccc4n3)n2C(C)C)c1C. The number of hydrogen-bond acceptors (Lipinski definition) is 5. The molecule has 4 heterocycles. The molecule has 134 valence electrons. The van der Waals surface area contributed by atoms with Gasteiger partial charge in [-0.3, -0.25) is 4.57 Å². The molecule has 4 rings (SSSR count). The summed E-state index contributed by atoms with van der Waals surface area (Å²) in [6, 6.07) is 6.33. The minimum Gasteiger partial charge on any atom is -0.307 e. The zero-order valence-corrected chi connectivity index (χ0v) is 16.9.